The van der Waals surface area contributed by atoms with E-state index in [0.29, 0.717) is 19.6 Å². The Labute approximate surface area is 177 Å². The first-order valence-electron chi connectivity index (χ1n) is 10.3. The molecule has 0 radical (unpaired) electrons. The first-order chi connectivity index (χ1) is 14.5. The van der Waals surface area contributed by atoms with Crippen molar-refractivity contribution in [1.29, 1.82) is 0 Å². The first-order valence-corrected chi connectivity index (χ1v) is 10.3. The van der Waals surface area contributed by atoms with Crippen molar-refractivity contribution in [2.24, 2.45) is 0 Å². The minimum absolute atomic E-state index is 0.339. The predicted octanol–water partition coefficient (Wildman–Crippen LogP) is 4.88. The molecule has 0 fully saturated rings. The highest BCUT2D eigenvalue weighted by Gasteiger charge is 2.18. The van der Waals surface area contributed by atoms with Crippen molar-refractivity contribution in [3.05, 3.63) is 77.5 Å². The second kappa shape index (κ2) is 10.1. The van der Waals surface area contributed by atoms with Crippen molar-refractivity contribution >= 4 is 5.97 Å². The third kappa shape index (κ3) is 5.30. The van der Waals surface area contributed by atoms with E-state index in [0.717, 1.165) is 17.9 Å². The lowest BCUT2D eigenvalue weighted by Crippen LogP contribution is -2.26. The molecule has 0 aliphatic heterocycles. The van der Waals surface area contributed by atoms with Gasteiger partial charge in [0.05, 0.1) is 12.2 Å². The summed E-state index contributed by atoms with van der Waals surface area (Å²) in [6, 6.07) is 20.1. The van der Waals surface area contributed by atoms with E-state index in [1.807, 2.05) is 30.3 Å². The summed E-state index contributed by atoms with van der Waals surface area (Å²) in [6.07, 6.45) is -0.482. The highest BCUT2D eigenvalue weighted by Crippen LogP contribution is 2.27. The molecule has 0 saturated heterocycles. The topological polar surface area (TPSA) is 60.7 Å². The van der Waals surface area contributed by atoms with Crippen molar-refractivity contribution < 1.29 is 19.4 Å². The number of carboxylic acids is 1. The highest BCUT2D eigenvalue weighted by atomic mass is 16.5. The van der Waals surface area contributed by atoms with Gasteiger partial charge in [0.2, 0.25) is 0 Å². The smallest absolute Gasteiger partial charge is 0.333 e. The zero-order chi connectivity index (χ0) is 21.5. The van der Waals surface area contributed by atoms with Crippen LogP contribution in [0.4, 0.5) is 0 Å². The maximum Gasteiger partial charge on any atom is 0.333 e. The molecule has 0 aliphatic carbocycles. The normalized spacial score (nSPS) is 12.0. The van der Waals surface area contributed by atoms with Crippen LogP contribution in [-0.2, 0) is 22.5 Å². The molecule has 30 heavy (non-hydrogen) atoms. The molecule has 5 heteroatoms. The van der Waals surface area contributed by atoms with Crippen LogP contribution in [0.2, 0.25) is 0 Å². The molecule has 1 N–H and O–H groups in total. The Morgan fingerprint density at radius 3 is 2.40 bits per heavy atom. The van der Waals surface area contributed by atoms with Gasteiger partial charge in [-0.05, 0) is 55.7 Å². The number of aromatic nitrogens is 1. The average Bonchev–Trinajstić information content (AvgIpc) is 3.02. The van der Waals surface area contributed by atoms with Crippen LogP contribution in [0.15, 0.2) is 60.7 Å². The van der Waals surface area contributed by atoms with Gasteiger partial charge in [-0.2, -0.15) is 0 Å². The molecule has 0 saturated carbocycles. The summed E-state index contributed by atoms with van der Waals surface area (Å²) in [7, 11) is 0. The van der Waals surface area contributed by atoms with Gasteiger partial charge in [-0.3, -0.25) is 0 Å². The summed E-state index contributed by atoms with van der Waals surface area (Å²) < 4.78 is 13.5. The van der Waals surface area contributed by atoms with E-state index in [-0.39, 0.29) is 0 Å². The number of nitrogens with zero attached hydrogens (tertiary/aromatic N) is 1. The first kappa shape index (κ1) is 21.7. The minimum atomic E-state index is -0.941. The van der Waals surface area contributed by atoms with Crippen molar-refractivity contribution in [2.45, 2.75) is 39.8 Å². The van der Waals surface area contributed by atoms with E-state index in [1.54, 1.807) is 6.92 Å². The number of hydrogen-bond acceptors (Lipinski definition) is 3. The maximum absolute atomic E-state index is 11.2. The minimum Gasteiger partial charge on any atom is -0.492 e. The molecule has 3 rings (SSSR count). The number of carbonyl (C=O) groups is 1. The lowest BCUT2D eigenvalue weighted by Gasteiger charge is -2.15. The molecule has 1 atom stereocenters. The van der Waals surface area contributed by atoms with E-state index in [4.69, 9.17) is 9.47 Å². The van der Waals surface area contributed by atoms with Crippen molar-refractivity contribution in [3.63, 3.8) is 0 Å². The van der Waals surface area contributed by atoms with Crippen LogP contribution in [0.5, 0.6) is 5.75 Å². The van der Waals surface area contributed by atoms with E-state index < -0.39 is 12.1 Å². The van der Waals surface area contributed by atoms with Gasteiger partial charge in [0, 0.05) is 18.7 Å². The Morgan fingerprint density at radius 1 is 1.07 bits per heavy atom. The highest BCUT2D eigenvalue weighted by molar-refractivity contribution is 5.72. The molecule has 2 aromatic carbocycles. The van der Waals surface area contributed by atoms with Crippen LogP contribution in [0.25, 0.3) is 11.3 Å². The monoisotopic (exact) mass is 407 g/mol. The molecule has 0 spiro atoms. The molecule has 1 aromatic heterocycles. The van der Waals surface area contributed by atoms with Crippen LogP contribution in [0.1, 0.15) is 23.7 Å². The number of carboxylic acid groups (broad SMARTS) is 1. The van der Waals surface area contributed by atoms with E-state index in [1.165, 1.54) is 22.5 Å². The lowest BCUT2D eigenvalue weighted by molar-refractivity contribution is -0.149. The Hall–Kier alpha value is -3.05. The van der Waals surface area contributed by atoms with Crippen molar-refractivity contribution in [2.75, 3.05) is 13.2 Å². The van der Waals surface area contributed by atoms with Gasteiger partial charge in [-0.15, -0.1) is 0 Å². The Morgan fingerprint density at radius 2 is 1.77 bits per heavy atom. The lowest BCUT2D eigenvalue weighted by atomic mass is 10.1. The SMILES string of the molecule is CCOC(Cc1ccc(OCCn2c(C)cc(C)c2-c2ccccc2)cc1)C(=O)O. The quantitative estimate of drug-likeness (QED) is 0.520. The van der Waals surface area contributed by atoms with Crippen LogP contribution >= 0.6 is 0 Å². The second-order valence-corrected chi connectivity index (χ2v) is 7.31. The standard InChI is InChI=1S/C25H29NO4/c1-4-29-23(25(27)28)17-20-10-12-22(13-11-20)30-15-14-26-19(3)16-18(2)24(26)21-8-6-5-7-9-21/h5-13,16,23H,4,14-15,17H2,1-3H3,(H,27,28). The molecular weight excluding hydrogens is 378 g/mol. The zero-order valence-electron chi connectivity index (χ0n) is 17.8. The molecule has 0 bridgehead atoms. The molecule has 3 aromatic rings. The second-order valence-electron chi connectivity index (χ2n) is 7.31. The van der Waals surface area contributed by atoms with Gasteiger partial charge in [0.1, 0.15) is 12.4 Å². The summed E-state index contributed by atoms with van der Waals surface area (Å²) in [6.45, 7) is 7.72. The average molecular weight is 408 g/mol. The molecule has 0 amide bonds. The summed E-state index contributed by atoms with van der Waals surface area (Å²) in [4.78, 5) is 11.2. The summed E-state index contributed by atoms with van der Waals surface area (Å²) in [5.41, 5.74) is 5.80. The third-order valence-corrected chi connectivity index (χ3v) is 5.11. The van der Waals surface area contributed by atoms with Gasteiger partial charge < -0.3 is 19.1 Å². The Balaban J connectivity index is 1.62. The maximum atomic E-state index is 11.2. The van der Waals surface area contributed by atoms with E-state index >= 15 is 0 Å². The largest absolute Gasteiger partial charge is 0.492 e. The summed E-state index contributed by atoms with van der Waals surface area (Å²) in [5.74, 6) is -0.173. The molecule has 158 valence electrons. The summed E-state index contributed by atoms with van der Waals surface area (Å²) >= 11 is 0. The zero-order valence-corrected chi connectivity index (χ0v) is 17.8. The third-order valence-electron chi connectivity index (χ3n) is 5.11. The Kier molecular flexibility index (Phi) is 7.31. The number of aryl methyl sites for hydroxylation is 2. The van der Waals surface area contributed by atoms with Gasteiger partial charge in [0.25, 0.3) is 0 Å². The fourth-order valence-electron chi connectivity index (χ4n) is 3.73. The number of rotatable bonds is 10. The molecule has 0 aliphatic rings. The fraction of sp³-hybridized carbons (Fsp3) is 0.320. The van der Waals surface area contributed by atoms with Gasteiger partial charge in [-0.25, -0.2) is 4.79 Å². The molecule has 5 nitrogen and oxygen atoms in total. The van der Waals surface area contributed by atoms with E-state index in [2.05, 4.69) is 48.7 Å². The van der Waals surface area contributed by atoms with Crippen LogP contribution < -0.4 is 4.74 Å². The molecule has 1 heterocycles. The van der Waals surface area contributed by atoms with Crippen LogP contribution in [0.3, 0.4) is 0 Å². The van der Waals surface area contributed by atoms with Crippen LogP contribution in [0, 0.1) is 13.8 Å². The van der Waals surface area contributed by atoms with Crippen molar-refractivity contribution in [1.82, 2.24) is 4.57 Å². The van der Waals surface area contributed by atoms with Crippen molar-refractivity contribution in [3.8, 4) is 17.0 Å². The fourth-order valence-corrected chi connectivity index (χ4v) is 3.73. The van der Waals surface area contributed by atoms with Gasteiger partial charge >= 0.3 is 5.97 Å². The van der Waals surface area contributed by atoms with Gasteiger partial charge in [0.15, 0.2) is 6.10 Å². The van der Waals surface area contributed by atoms with Crippen LogP contribution in [-0.4, -0.2) is 35.0 Å². The number of aliphatic carboxylic acids is 1. The Bertz CT molecular complexity index is 961. The molecule has 1 unspecified atom stereocenters. The number of benzene rings is 2. The molecular formula is C25H29NO4. The number of hydrogen-bond donors (Lipinski definition) is 1. The van der Waals surface area contributed by atoms with Gasteiger partial charge in [-0.1, -0.05) is 42.5 Å². The predicted molar refractivity (Wildman–Crippen MR) is 118 cm³/mol. The van der Waals surface area contributed by atoms with E-state index in [9.17, 15) is 9.90 Å². The number of ether oxygens (including phenoxy) is 2. The summed E-state index contributed by atoms with van der Waals surface area (Å²) in [5, 5.41) is 9.22.